The molecular weight excluding hydrogens is 222 g/mol. The molecule has 0 aliphatic carbocycles. The summed E-state index contributed by atoms with van der Waals surface area (Å²) >= 11 is 0. The summed E-state index contributed by atoms with van der Waals surface area (Å²) in [7, 11) is 1.91. The van der Waals surface area contributed by atoms with Gasteiger partial charge in [-0.05, 0) is 49.2 Å². The highest BCUT2D eigenvalue weighted by Crippen LogP contribution is 2.18. The largest absolute Gasteiger partial charge is 0.489 e. The molecule has 0 saturated heterocycles. The fraction of sp³-hybridized carbons (Fsp3) is 0.250. The van der Waals surface area contributed by atoms with Gasteiger partial charge in [0.05, 0.1) is 0 Å². The van der Waals surface area contributed by atoms with Gasteiger partial charge in [-0.25, -0.2) is 0 Å². The standard InChI is InChI=1S/C16H19NO/c1-12-4-5-13(2)14(10-12)11-18-16-8-6-15(17-3)7-9-16/h4-10,17H,11H2,1-3H3. The van der Waals surface area contributed by atoms with Gasteiger partial charge in [0.2, 0.25) is 0 Å². The molecular formula is C16H19NO. The molecule has 0 aromatic heterocycles. The molecule has 0 aliphatic rings. The van der Waals surface area contributed by atoms with Crippen LogP contribution in [0.1, 0.15) is 16.7 Å². The maximum atomic E-state index is 5.80. The van der Waals surface area contributed by atoms with Crippen LogP contribution < -0.4 is 10.1 Å². The molecule has 0 atom stereocenters. The lowest BCUT2D eigenvalue weighted by atomic mass is 10.1. The van der Waals surface area contributed by atoms with Gasteiger partial charge in [0.1, 0.15) is 12.4 Å². The van der Waals surface area contributed by atoms with Crippen LogP contribution in [-0.4, -0.2) is 7.05 Å². The Kier molecular flexibility index (Phi) is 3.88. The van der Waals surface area contributed by atoms with Crippen LogP contribution in [0.15, 0.2) is 42.5 Å². The number of ether oxygens (including phenoxy) is 1. The molecule has 2 aromatic carbocycles. The van der Waals surface area contributed by atoms with Crippen molar-refractivity contribution < 1.29 is 4.74 Å². The molecule has 0 bridgehead atoms. The van der Waals surface area contributed by atoms with Gasteiger partial charge >= 0.3 is 0 Å². The summed E-state index contributed by atoms with van der Waals surface area (Å²) in [5.41, 5.74) is 4.87. The molecule has 0 aliphatic heterocycles. The van der Waals surface area contributed by atoms with E-state index >= 15 is 0 Å². The summed E-state index contributed by atoms with van der Waals surface area (Å²) < 4.78 is 5.80. The van der Waals surface area contributed by atoms with Gasteiger partial charge in [0.15, 0.2) is 0 Å². The second-order valence-electron chi connectivity index (χ2n) is 4.49. The van der Waals surface area contributed by atoms with E-state index in [1.54, 1.807) is 0 Å². The van der Waals surface area contributed by atoms with Gasteiger partial charge in [-0.2, -0.15) is 0 Å². The number of benzene rings is 2. The first kappa shape index (κ1) is 12.5. The zero-order valence-electron chi connectivity index (χ0n) is 11.2. The second kappa shape index (κ2) is 5.58. The van der Waals surface area contributed by atoms with Gasteiger partial charge in [0.25, 0.3) is 0 Å². The molecule has 0 saturated carbocycles. The van der Waals surface area contributed by atoms with E-state index in [2.05, 4.69) is 37.4 Å². The average molecular weight is 241 g/mol. The summed E-state index contributed by atoms with van der Waals surface area (Å²) in [6.07, 6.45) is 0. The molecule has 1 N–H and O–H groups in total. The molecule has 2 rings (SSSR count). The Balaban J connectivity index is 2.04. The third-order valence-corrected chi connectivity index (χ3v) is 3.04. The Labute approximate surface area is 109 Å². The van der Waals surface area contributed by atoms with Crippen molar-refractivity contribution in [2.24, 2.45) is 0 Å². The second-order valence-corrected chi connectivity index (χ2v) is 4.49. The number of nitrogens with one attached hydrogen (secondary N) is 1. The Bertz CT molecular complexity index is 517. The van der Waals surface area contributed by atoms with Crippen molar-refractivity contribution in [1.82, 2.24) is 0 Å². The van der Waals surface area contributed by atoms with Crippen molar-refractivity contribution in [3.8, 4) is 5.75 Å². The van der Waals surface area contributed by atoms with Crippen LogP contribution in [-0.2, 0) is 6.61 Å². The van der Waals surface area contributed by atoms with E-state index in [1.807, 2.05) is 31.3 Å². The lowest BCUT2D eigenvalue weighted by Crippen LogP contribution is -1.98. The highest BCUT2D eigenvalue weighted by atomic mass is 16.5. The Morgan fingerprint density at radius 2 is 1.72 bits per heavy atom. The van der Waals surface area contributed by atoms with Crippen LogP contribution in [0.4, 0.5) is 5.69 Å². The molecule has 2 heteroatoms. The lowest BCUT2D eigenvalue weighted by Gasteiger charge is -2.10. The first-order valence-corrected chi connectivity index (χ1v) is 6.16. The maximum absolute atomic E-state index is 5.80. The van der Waals surface area contributed by atoms with Gasteiger partial charge in [-0.3, -0.25) is 0 Å². The smallest absolute Gasteiger partial charge is 0.119 e. The lowest BCUT2D eigenvalue weighted by molar-refractivity contribution is 0.305. The third-order valence-electron chi connectivity index (χ3n) is 3.04. The molecule has 0 amide bonds. The van der Waals surface area contributed by atoms with Gasteiger partial charge in [-0.1, -0.05) is 23.8 Å². The van der Waals surface area contributed by atoms with Crippen LogP contribution in [0.2, 0.25) is 0 Å². The topological polar surface area (TPSA) is 21.3 Å². The summed E-state index contributed by atoms with van der Waals surface area (Å²) in [5.74, 6) is 0.898. The maximum Gasteiger partial charge on any atom is 0.119 e. The quantitative estimate of drug-likeness (QED) is 0.875. The molecule has 0 unspecified atom stereocenters. The highest BCUT2D eigenvalue weighted by molar-refractivity contribution is 5.45. The van der Waals surface area contributed by atoms with Crippen LogP contribution in [0, 0.1) is 13.8 Å². The SMILES string of the molecule is CNc1ccc(OCc2cc(C)ccc2C)cc1. The fourth-order valence-corrected chi connectivity index (χ4v) is 1.83. The zero-order valence-corrected chi connectivity index (χ0v) is 11.2. The first-order valence-electron chi connectivity index (χ1n) is 6.16. The van der Waals surface area contributed by atoms with Crippen molar-refractivity contribution in [3.63, 3.8) is 0 Å². The van der Waals surface area contributed by atoms with E-state index in [-0.39, 0.29) is 0 Å². The molecule has 0 spiro atoms. The van der Waals surface area contributed by atoms with Gasteiger partial charge < -0.3 is 10.1 Å². The summed E-state index contributed by atoms with van der Waals surface area (Å²) in [5, 5.41) is 3.09. The Morgan fingerprint density at radius 1 is 1.00 bits per heavy atom. The molecule has 2 nitrogen and oxygen atoms in total. The molecule has 2 aromatic rings. The number of rotatable bonds is 4. The van der Waals surface area contributed by atoms with Crippen LogP contribution in [0.5, 0.6) is 5.75 Å². The predicted octanol–water partition coefficient (Wildman–Crippen LogP) is 3.92. The van der Waals surface area contributed by atoms with Gasteiger partial charge in [-0.15, -0.1) is 0 Å². The number of anilines is 1. The minimum absolute atomic E-state index is 0.617. The van der Waals surface area contributed by atoms with E-state index in [0.717, 1.165) is 11.4 Å². The highest BCUT2D eigenvalue weighted by Gasteiger charge is 2.00. The summed E-state index contributed by atoms with van der Waals surface area (Å²) in [6.45, 7) is 4.83. The summed E-state index contributed by atoms with van der Waals surface area (Å²) in [6, 6.07) is 14.4. The van der Waals surface area contributed by atoms with Crippen LogP contribution in [0.3, 0.4) is 0 Å². The number of aryl methyl sites for hydroxylation is 2. The van der Waals surface area contributed by atoms with Crippen molar-refractivity contribution in [2.75, 3.05) is 12.4 Å². The van der Waals surface area contributed by atoms with E-state index in [4.69, 9.17) is 4.74 Å². The number of hydrogen-bond acceptors (Lipinski definition) is 2. The van der Waals surface area contributed by atoms with E-state index in [1.165, 1.54) is 16.7 Å². The average Bonchev–Trinajstić information content (AvgIpc) is 2.40. The monoisotopic (exact) mass is 241 g/mol. The molecule has 0 radical (unpaired) electrons. The minimum Gasteiger partial charge on any atom is -0.489 e. The van der Waals surface area contributed by atoms with Crippen molar-refractivity contribution in [1.29, 1.82) is 0 Å². The van der Waals surface area contributed by atoms with Crippen molar-refractivity contribution >= 4 is 5.69 Å². The molecule has 0 fully saturated rings. The van der Waals surface area contributed by atoms with E-state index in [0.29, 0.717) is 6.61 Å². The van der Waals surface area contributed by atoms with E-state index < -0.39 is 0 Å². The Morgan fingerprint density at radius 3 is 2.39 bits per heavy atom. The van der Waals surface area contributed by atoms with Crippen LogP contribution in [0.25, 0.3) is 0 Å². The normalized spacial score (nSPS) is 10.2. The van der Waals surface area contributed by atoms with E-state index in [9.17, 15) is 0 Å². The van der Waals surface area contributed by atoms with Crippen molar-refractivity contribution in [3.05, 3.63) is 59.2 Å². The predicted molar refractivity (Wildman–Crippen MR) is 76.2 cm³/mol. The zero-order chi connectivity index (χ0) is 13.0. The van der Waals surface area contributed by atoms with Crippen LogP contribution >= 0.6 is 0 Å². The molecule has 94 valence electrons. The number of hydrogen-bond donors (Lipinski definition) is 1. The fourth-order valence-electron chi connectivity index (χ4n) is 1.83. The minimum atomic E-state index is 0.617. The van der Waals surface area contributed by atoms with Gasteiger partial charge in [0, 0.05) is 12.7 Å². The first-order chi connectivity index (χ1) is 8.69. The summed E-state index contributed by atoms with van der Waals surface area (Å²) in [4.78, 5) is 0. The van der Waals surface area contributed by atoms with Crippen molar-refractivity contribution in [2.45, 2.75) is 20.5 Å². The Hall–Kier alpha value is -1.96. The third kappa shape index (κ3) is 3.04. The molecule has 18 heavy (non-hydrogen) atoms. The molecule has 0 heterocycles.